The second kappa shape index (κ2) is 7.36. The number of carbonyl (C=O) groups excluding carboxylic acids is 1. The van der Waals surface area contributed by atoms with E-state index in [1.807, 2.05) is 69.5 Å². The standard InChI is InChI=1S/C22H27N3O3/c1-13-7-8-16(11-17(13)12-26)19(22(4,5)21(27)28-6)18-9-10-25-15(3)23-24-20(25)14(18)2/h7-11,19,26H,12H2,1-6H3/t19-/m0/s1. The molecule has 6 nitrogen and oxygen atoms in total. The Morgan fingerprint density at radius 2 is 1.93 bits per heavy atom. The molecule has 0 bridgehead atoms. The fourth-order valence-corrected chi connectivity index (χ4v) is 3.93. The number of carbonyl (C=O) groups is 1. The molecular weight excluding hydrogens is 354 g/mol. The van der Waals surface area contributed by atoms with Gasteiger partial charge in [-0.1, -0.05) is 18.2 Å². The van der Waals surface area contributed by atoms with Crippen LogP contribution in [0.15, 0.2) is 30.5 Å². The van der Waals surface area contributed by atoms with Crippen LogP contribution < -0.4 is 0 Å². The largest absolute Gasteiger partial charge is 0.469 e. The lowest BCUT2D eigenvalue weighted by atomic mass is 9.70. The topological polar surface area (TPSA) is 76.7 Å². The molecule has 1 atom stereocenters. The number of aliphatic hydroxyl groups is 1. The molecule has 3 rings (SSSR count). The highest BCUT2D eigenvalue weighted by Gasteiger charge is 2.41. The number of hydrogen-bond donors (Lipinski definition) is 1. The van der Waals surface area contributed by atoms with Gasteiger partial charge in [-0.05, 0) is 68.5 Å². The van der Waals surface area contributed by atoms with E-state index in [9.17, 15) is 9.90 Å². The molecule has 0 aliphatic rings. The Bertz CT molecular complexity index is 1040. The van der Waals surface area contributed by atoms with E-state index < -0.39 is 5.41 Å². The monoisotopic (exact) mass is 381 g/mol. The summed E-state index contributed by atoms with van der Waals surface area (Å²) in [6, 6.07) is 7.99. The van der Waals surface area contributed by atoms with Crippen molar-refractivity contribution in [1.82, 2.24) is 14.6 Å². The minimum atomic E-state index is -0.825. The Morgan fingerprint density at radius 3 is 2.57 bits per heavy atom. The van der Waals surface area contributed by atoms with Gasteiger partial charge in [-0.15, -0.1) is 10.2 Å². The first-order valence-corrected chi connectivity index (χ1v) is 9.31. The molecule has 3 aromatic rings. The molecule has 2 aromatic heterocycles. The average molecular weight is 381 g/mol. The summed E-state index contributed by atoms with van der Waals surface area (Å²) in [6.45, 7) is 9.60. The van der Waals surface area contributed by atoms with Crippen LogP contribution in [-0.4, -0.2) is 32.8 Å². The molecule has 148 valence electrons. The molecule has 0 saturated carbocycles. The van der Waals surface area contributed by atoms with Crippen molar-refractivity contribution >= 4 is 11.6 Å². The highest BCUT2D eigenvalue weighted by atomic mass is 16.5. The van der Waals surface area contributed by atoms with Crippen molar-refractivity contribution < 1.29 is 14.6 Å². The molecule has 1 aromatic carbocycles. The molecule has 6 heteroatoms. The van der Waals surface area contributed by atoms with Gasteiger partial charge in [-0.2, -0.15) is 0 Å². The van der Waals surface area contributed by atoms with Crippen molar-refractivity contribution in [1.29, 1.82) is 0 Å². The van der Waals surface area contributed by atoms with Crippen LogP contribution in [0.5, 0.6) is 0 Å². The van der Waals surface area contributed by atoms with Crippen LogP contribution in [0.3, 0.4) is 0 Å². The molecule has 0 aliphatic heterocycles. The second-order valence-electron chi connectivity index (χ2n) is 7.83. The van der Waals surface area contributed by atoms with Crippen LogP contribution in [0.2, 0.25) is 0 Å². The third-order valence-electron chi connectivity index (χ3n) is 5.66. The second-order valence-corrected chi connectivity index (χ2v) is 7.83. The first-order valence-electron chi connectivity index (χ1n) is 9.31. The molecule has 0 radical (unpaired) electrons. The van der Waals surface area contributed by atoms with E-state index in [2.05, 4.69) is 10.2 Å². The molecular formula is C22H27N3O3. The number of aliphatic hydroxyl groups excluding tert-OH is 1. The van der Waals surface area contributed by atoms with E-state index in [4.69, 9.17) is 4.74 Å². The zero-order valence-electron chi connectivity index (χ0n) is 17.3. The SMILES string of the molecule is COC(=O)C(C)(C)[C@@H](c1ccc(C)c(CO)c1)c1ccn2c(C)nnc2c1C. The Balaban J connectivity index is 2.28. The summed E-state index contributed by atoms with van der Waals surface area (Å²) >= 11 is 0. The maximum absolute atomic E-state index is 12.7. The number of nitrogens with zero attached hydrogens (tertiary/aromatic N) is 3. The first kappa shape index (κ1) is 20.0. The van der Waals surface area contributed by atoms with E-state index in [-0.39, 0.29) is 18.5 Å². The van der Waals surface area contributed by atoms with Crippen LogP contribution in [0.4, 0.5) is 0 Å². The lowest BCUT2D eigenvalue weighted by Gasteiger charge is -2.34. The Morgan fingerprint density at radius 1 is 1.21 bits per heavy atom. The lowest BCUT2D eigenvalue weighted by Crippen LogP contribution is -2.34. The highest BCUT2D eigenvalue weighted by Crippen LogP contribution is 2.44. The van der Waals surface area contributed by atoms with E-state index in [0.29, 0.717) is 0 Å². The summed E-state index contributed by atoms with van der Waals surface area (Å²) in [5, 5.41) is 18.2. The number of aromatic nitrogens is 3. The number of aryl methyl sites for hydroxylation is 3. The first-order chi connectivity index (χ1) is 13.2. The maximum atomic E-state index is 12.7. The summed E-state index contributed by atoms with van der Waals surface area (Å²) in [4.78, 5) is 12.7. The number of hydrogen-bond acceptors (Lipinski definition) is 5. The fraction of sp³-hybridized carbons (Fsp3) is 0.409. The molecule has 0 aliphatic carbocycles. The maximum Gasteiger partial charge on any atom is 0.312 e. The van der Waals surface area contributed by atoms with E-state index >= 15 is 0 Å². The number of ether oxygens (including phenoxy) is 1. The van der Waals surface area contributed by atoms with Crippen molar-refractivity contribution in [2.45, 2.75) is 47.1 Å². The summed E-state index contributed by atoms with van der Waals surface area (Å²) < 4.78 is 7.07. The zero-order chi connectivity index (χ0) is 20.6. The molecule has 0 fully saturated rings. The molecule has 0 amide bonds. The van der Waals surface area contributed by atoms with Gasteiger partial charge in [0.05, 0.1) is 19.1 Å². The molecule has 1 N–H and O–H groups in total. The molecule has 2 heterocycles. The van der Waals surface area contributed by atoms with E-state index in [1.54, 1.807) is 0 Å². The normalized spacial score (nSPS) is 13.0. The number of methoxy groups -OCH3 is 1. The predicted octanol–water partition coefficient (Wildman–Crippen LogP) is 3.48. The van der Waals surface area contributed by atoms with Gasteiger partial charge in [-0.3, -0.25) is 9.20 Å². The Labute approximate surface area is 165 Å². The van der Waals surface area contributed by atoms with Crippen molar-refractivity contribution in [2.75, 3.05) is 7.11 Å². The molecule has 0 unspecified atom stereocenters. The van der Waals surface area contributed by atoms with Crippen LogP contribution in [0, 0.1) is 26.2 Å². The minimum Gasteiger partial charge on any atom is -0.469 e. The van der Waals surface area contributed by atoms with Crippen molar-refractivity contribution in [2.24, 2.45) is 5.41 Å². The van der Waals surface area contributed by atoms with E-state index in [0.717, 1.165) is 39.3 Å². The van der Waals surface area contributed by atoms with E-state index in [1.165, 1.54) is 7.11 Å². The van der Waals surface area contributed by atoms with Gasteiger partial charge in [0.25, 0.3) is 0 Å². The third-order valence-corrected chi connectivity index (χ3v) is 5.66. The number of rotatable bonds is 5. The van der Waals surface area contributed by atoms with Crippen LogP contribution in [0.1, 0.15) is 53.4 Å². The van der Waals surface area contributed by atoms with Gasteiger partial charge < -0.3 is 9.84 Å². The lowest BCUT2D eigenvalue weighted by molar-refractivity contribution is -0.151. The molecule has 28 heavy (non-hydrogen) atoms. The van der Waals surface area contributed by atoms with Gasteiger partial charge in [0, 0.05) is 12.1 Å². The Hall–Kier alpha value is -2.73. The Kier molecular flexibility index (Phi) is 5.26. The summed E-state index contributed by atoms with van der Waals surface area (Å²) in [5.41, 5.74) is 4.72. The van der Waals surface area contributed by atoms with Crippen LogP contribution in [0.25, 0.3) is 5.65 Å². The van der Waals surface area contributed by atoms with Gasteiger partial charge in [0.15, 0.2) is 5.65 Å². The fourth-order valence-electron chi connectivity index (χ4n) is 3.93. The smallest absolute Gasteiger partial charge is 0.312 e. The van der Waals surface area contributed by atoms with Crippen LogP contribution >= 0.6 is 0 Å². The number of fused-ring (bicyclic) bond motifs is 1. The number of pyridine rings is 1. The summed E-state index contributed by atoms with van der Waals surface area (Å²) in [5.74, 6) is 0.250. The zero-order valence-corrected chi connectivity index (χ0v) is 17.3. The van der Waals surface area contributed by atoms with Gasteiger partial charge in [0.2, 0.25) is 0 Å². The third kappa shape index (κ3) is 3.18. The number of esters is 1. The van der Waals surface area contributed by atoms with Crippen molar-refractivity contribution in [3.8, 4) is 0 Å². The van der Waals surface area contributed by atoms with Gasteiger partial charge in [-0.25, -0.2) is 0 Å². The van der Waals surface area contributed by atoms with Crippen molar-refractivity contribution in [3.63, 3.8) is 0 Å². The average Bonchev–Trinajstić information content (AvgIpc) is 3.05. The quantitative estimate of drug-likeness (QED) is 0.685. The summed E-state index contributed by atoms with van der Waals surface area (Å²) in [7, 11) is 1.41. The highest BCUT2D eigenvalue weighted by molar-refractivity contribution is 5.78. The minimum absolute atomic E-state index is 0.0492. The van der Waals surface area contributed by atoms with Gasteiger partial charge in [0.1, 0.15) is 5.82 Å². The predicted molar refractivity (Wildman–Crippen MR) is 107 cm³/mol. The van der Waals surface area contributed by atoms with Crippen molar-refractivity contribution in [3.05, 3.63) is 64.1 Å². The van der Waals surface area contributed by atoms with Crippen LogP contribution in [-0.2, 0) is 16.1 Å². The molecule has 0 spiro atoms. The summed E-state index contributed by atoms with van der Waals surface area (Å²) in [6.07, 6.45) is 1.94. The molecule has 0 saturated heterocycles. The van der Waals surface area contributed by atoms with Gasteiger partial charge >= 0.3 is 5.97 Å². The number of benzene rings is 1.